The van der Waals surface area contributed by atoms with Crippen LogP contribution in [0.4, 0.5) is 0 Å². The molecule has 7 nitrogen and oxygen atoms in total. The third-order valence-electron chi connectivity index (χ3n) is 5.05. The minimum Gasteiger partial charge on any atom is -0.352 e. The Hall–Kier alpha value is -1.19. The standard InChI is InChI=1S/C19H31ClN4O3S/c1-4-24(5-2)28(26,27)18-15-16(7-8-17(18)20)19(25)21-9-6-10-23-13-11-22(3)12-14-23/h7-8,15H,4-6,9-14H2,1-3H3,(H,21,25). The molecule has 2 rings (SSSR count). The second-order valence-corrected chi connectivity index (χ2v) is 9.30. The molecule has 1 aromatic carbocycles. The van der Waals surface area contributed by atoms with Crippen molar-refractivity contribution < 1.29 is 13.2 Å². The molecule has 1 aliphatic heterocycles. The molecule has 1 fully saturated rings. The van der Waals surface area contributed by atoms with E-state index in [1.807, 2.05) is 0 Å². The number of nitrogens with one attached hydrogen (secondary N) is 1. The van der Waals surface area contributed by atoms with Crippen molar-refractivity contribution in [1.82, 2.24) is 19.4 Å². The van der Waals surface area contributed by atoms with Crippen molar-refractivity contribution in [2.24, 2.45) is 0 Å². The van der Waals surface area contributed by atoms with Crippen molar-refractivity contribution >= 4 is 27.5 Å². The molecule has 1 saturated heterocycles. The van der Waals surface area contributed by atoms with Crippen molar-refractivity contribution in [2.45, 2.75) is 25.2 Å². The number of carbonyl (C=O) groups excluding carboxylic acids is 1. The highest BCUT2D eigenvalue weighted by Gasteiger charge is 2.25. The van der Waals surface area contributed by atoms with E-state index in [-0.39, 0.29) is 15.8 Å². The average Bonchev–Trinajstić information content (AvgIpc) is 2.67. The second-order valence-electron chi connectivity index (χ2n) is 6.99. The summed E-state index contributed by atoms with van der Waals surface area (Å²) in [6.07, 6.45) is 0.855. The van der Waals surface area contributed by atoms with Crippen LogP contribution < -0.4 is 5.32 Å². The van der Waals surface area contributed by atoms with Crippen LogP contribution in [-0.2, 0) is 10.0 Å². The van der Waals surface area contributed by atoms with Gasteiger partial charge in [-0.05, 0) is 38.2 Å². The lowest BCUT2D eigenvalue weighted by Crippen LogP contribution is -2.45. The number of hydrogen-bond acceptors (Lipinski definition) is 5. The molecule has 1 aromatic rings. The summed E-state index contributed by atoms with van der Waals surface area (Å²) in [5, 5.41) is 3.00. The normalized spacial score (nSPS) is 16.5. The first-order chi connectivity index (χ1) is 13.3. The van der Waals surface area contributed by atoms with Gasteiger partial charge < -0.3 is 15.1 Å². The maximum Gasteiger partial charge on any atom is 0.251 e. The Balaban J connectivity index is 1.95. The zero-order chi connectivity index (χ0) is 20.7. The second kappa shape index (κ2) is 10.5. The number of benzene rings is 1. The molecule has 1 aliphatic rings. The molecule has 1 amide bonds. The summed E-state index contributed by atoms with van der Waals surface area (Å²) in [5.74, 6) is -0.286. The van der Waals surface area contributed by atoms with Gasteiger partial charge in [-0.25, -0.2) is 8.42 Å². The van der Waals surface area contributed by atoms with Crippen molar-refractivity contribution in [2.75, 3.05) is 59.4 Å². The monoisotopic (exact) mass is 430 g/mol. The number of carbonyl (C=O) groups is 1. The predicted molar refractivity (Wildman–Crippen MR) is 112 cm³/mol. The number of amides is 1. The minimum atomic E-state index is -3.72. The molecule has 1 heterocycles. The molecule has 1 N–H and O–H groups in total. The van der Waals surface area contributed by atoms with Gasteiger partial charge in [0.25, 0.3) is 5.91 Å². The van der Waals surface area contributed by atoms with Crippen LogP contribution in [0, 0.1) is 0 Å². The quantitative estimate of drug-likeness (QED) is 0.604. The van der Waals surface area contributed by atoms with Crippen molar-refractivity contribution in [3.05, 3.63) is 28.8 Å². The van der Waals surface area contributed by atoms with E-state index in [0.29, 0.717) is 25.2 Å². The average molecular weight is 431 g/mol. The number of piperazine rings is 1. The Morgan fingerprint density at radius 2 is 1.82 bits per heavy atom. The maximum atomic E-state index is 12.7. The zero-order valence-electron chi connectivity index (χ0n) is 16.9. The van der Waals surface area contributed by atoms with E-state index < -0.39 is 10.0 Å². The number of hydrogen-bond donors (Lipinski definition) is 1. The first kappa shape index (κ1) is 23.1. The van der Waals surface area contributed by atoms with Crippen LogP contribution in [0.1, 0.15) is 30.6 Å². The number of halogens is 1. The highest BCUT2D eigenvalue weighted by atomic mass is 35.5. The Morgan fingerprint density at radius 1 is 1.18 bits per heavy atom. The molecule has 0 unspecified atom stereocenters. The van der Waals surface area contributed by atoms with Crippen molar-refractivity contribution in [1.29, 1.82) is 0 Å². The molecule has 0 saturated carbocycles. The Morgan fingerprint density at radius 3 is 2.43 bits per heavy atom. The summed E-state index contributed by atoms with van der Waals surface area (Å²) in [7, 11) is -1.60. The lowest BCUT2D eigenvalue weighted by molar-refractivity contribution is 0.0949. The van der Waals surface area contributed by atoms with Gasteiger partial charge in [0.2, 0.25) is 10.0 Å². The van der Waals surface area contributed by atoms with E-state index in [0.717, 1.165) is 39.1 Å². The van der Waals surface area contributed by atoms with Crippen LogP contribution in [0.15, 0.2) is 23.1 Å². The van der Waals surface area contributed by atoms with E-state index in [4.69, 9.17) is 11.6 Å². The van der Waals surface area contributed by atoms with E-state index >= 15 is 0 Å². The fourth-order valence-electron chi connectivity index (χ4n) is 3.22. The highest BCUT2D eigenvalue weighted by Crippen LogP contribution is 2.25. The molecule has 0 radical (unpaired) electrons. The number of sulfonamides is 1. The van der Waals surface area contributed by atoms with Gasteiger partial charge in [0.1, 0.15) is 4.90 Å². The van der Waals surface area contributed by atoms with Crippen LogP contribution in [0.5, 0.6) is 0 Å². The number of rotatable bonds is 9. The summed E-state index contributed by atoms with van der Waals surface area (Å²) in [5.41, 5.74) is 0.301. The van der Waals surface area contributed by atoms with Crippen LogP contribution >= 0.6 is 11.6 Å². The predicted octanol–water partition coefficient (Wildman–Crippen LogP) is 1.74. The van der Waals surface area contributed by atoms with Crippen LogP contribution in [0.2, 0.25) is 5.02 Å². The third kappa shape index (κ3) is 5.90. The molecular formula is C19H31ClN4O3S. The summed E-state index contributed by atoms with van der Waals surface area (Å²) in [6, 6.07) is 4.39. The van der Waals surface area contributed by atoms with Crippen LogP contribution in [-0.4, -0.2) is 87.8 Å². The van der Waals surface area contributed by atoms with E-state index in [9.17, 15) is 13.2 Å². The molecule has 158 valence electrons. The van der Waals surface area contributed by atoms with Gasteiger partial charge >= 0.3 is 0 Å². The number of likely N-dealkylation sites (N-methyl/N-ethyl adjacent to an activating group) is 1. The molecule has 28 heavy (non-hydrogen) atoms. The van der Waals surface area contributed by atoms with E-state index in [1.54, 1.807) is 19.9 Å². The molecule has 0 spiro atoms. The van der Waals surface area contributed by atoms with Gasteiger partial charge in [-0.3, -0.25) is 4.79 Å². The molecular weight excluding hydrogens is 400 g/mol. The van der Waals surface area contributed by atoms with Gasteiger partial charge in [0.15, 0.2) is 0 Å². The van der Waals surface area contributed by atoms with Gasteiger partial charge in [-0.1, -0.05) is 25.4 Å². The maximum absolute atomic E-state index is 12.7. The van der Waals surface area contributed by atoms with Gasteiger partial charge in [0, 0.05) is 51.4 Å². The van der Waals surface area contributed by atoms with Crippen molar-refractivity contribution in [3.63, 3.8) is 0 Å². The van der Waals surface area contributed by atoms with Crippen molar-refractivity contribution in [3.8, 4) is 0 Å². The van der Waals surface area contributed by atoms with E-state index in [1.165, 1.54) is 16.4 Å². The molecule has 0 aromatic heterocycles. The van der Waals surface area contributed by atoms with E-state index in [2.05, 4.69) is 22.2 Å². The smallest absolute Gasteiger partial charge is 0.251 e. The Labute approximate surface area is 173 Å². The first-order valence-corrected chi connectivity index (χ1v) is 11.6. The largest absolute Gasteiger partial charge is 0.352 e. The SMILES string of the molecule is CCN(CC)S(=O)(=O)c1cc(C(=O)NCCCN2CCN(C)CC2)ccc1Cl. The topological polar surface area (TPSA) is 73.0 Å². The molecule has 0 atom stereocenters. The van der Waals surface area contributed by atoms with Crippen LogP contribution in [0.3, 0.4) is 0 Å². The lowest BCUT2D eigenvalue weighted by Gasteiger charge is -2.32. The fourth-order valence-corrected chi connectivity index (χ4v) is 5.18. The highest BCUT2D eigenvalue weighted by molar-refractivity contribution is 7.89. The number of nitrogens with zero attached hydrogens (tertiary/aromatic N) is 3. The van der Waals surface area contributed by atoms with Gasteiger partial charge in [-0.2, -0.15) is 4.31 Å². The summed E-state index contributed by atoms with van der Waals surface area (Å²) >= 11 is 6.12. The summed E-state index contributed by atoms with van der Waals surface area (Å²) in [4.78, 5) is 17.1. The minimum absolute atomic E-state index is 0.0250. The zero-order valence-corrected chi connectivity index (χ0v) is 18.5. The van der Waals surface area contributed by atoms with Gasteiger partial charge in [-0.15, -0.1) is 0 Å². The fraction of sp³-hybridized carbons (Fsp3) is 0.632. The summed E-state index contributed by atoms with van der Waals surface area (Å²) < 4.78 is 26.8. The molecule has 0 aliphatic carbocycles. The lowest BCUT2D eigenvalue weighted by atomic mass is 10.2. The first-order valence-electron chi connectivity index (χ1n) is 9.78. The third-order valence-corrected chi connectivity index (χ3v) is 7.58. The Bertz CT molecular complexity index is 760. The summed E-state index contributed by atoms with van der Waals surface area (Å²) in [6.45, 7) is 9.96. The van der Waals surface area contributed by atoms with Crippen LogP contribution in [0.25, 0.3) is 0 Å². The van der Waals surface area contributed by atoms with Gasteiger partial charge in [0.05, 0.1) is 5.02 Å². The molecule has 9 heteroatoms. The molecule has 0 bridgehead atoms. The Kier molecular flexibility index (Phi) is 8.70.